The Hall–Kier alpha value is -3.26. The number of esters is 2. The fourth-order valence-corrected chi connectivity index (χ4v) is 2.11. The zero-order chi connectivity index (χ0) is 16.8. The molecule has 2 rings (SSSR count). The van der Waals surface area contributed by atoms with Gasteiger partial charge >= 0.3 is 11.9 Å². The van der Waals surface area contributed by atoms with Crippen LogP contribution in [0.4, 0.5) is 5.69 Å². The number of methoxy groups -OCH3 is 2. The topological polar surface area (TPSA) is 55.8 Å². The lowest BCUT2D eigenvalue weighted by molar-refractivity contribution is -0.139. The third kappa shape index (κ3) is 3.33. The minimum absolute atomic E-state index is 0.0542. The van der Waals surface area contributed by atoms with Gasteiger partial charge in [-0.15, -0.1) is 6.42 Å². The van der Waals surface area contributed by atoms with E-state index in [0.717, 1.165) is 0 Å². The number of hydrogen-bond acceptors (Lipinski definition) is 5. The Morgan fingerprint density at radius 1 is 1.13 bits per heavy atom. The van der Waals surface area contributed by atoms with Crippen molar-refractivity contribution < 1.29 is 19.1 Å². The number of carbonyl (C=O) groups is 2. The maximum Gasteiger partial charge on any atom is 0.355 e. The van der Waals surface area contributed by atoms with Crippen molar-refractivity contribution in [3.63, 3.8) is 0 Å². The minimum atomic E-state index is -0.660. The standard InChI is InChI=1S/C18H15NO4/c1-4-13-8-7-9-14(12-13)19-11-6-5-10-15(17(20)22-2)16(19)18(21)23-3/h1,5-12H,2-3H3. The molecule has 0 spiro atoms. The van der Waals surface area contributed by atoms with Gasteiger partial charge in [-0.05, 0) is 30.4 Å². The smallest absolute Gasteiger partial charge is 0.355 e. The molecule has 0 unspecified atom stereocenters. The van der Waals surface area contributed by atoms with Gasteiger partial charge < -0.3 is 14.4 Å². The summed E-state index contributed by atoms with van der Waals surface area (Å²) in [5.41, 5.74) is 1.42. The van der Waals surface area contributed by atoms with Crippen LogP contribution in [0.3, 0.4) is 0 Å². The van der Waals surface area contributed by atoms with E-state index in [1.54, 1.807) is 47.5 Å². The number of anilines is 1. The van der Waals surface area contributed by atoms with Gasteiger partial charge in [-0.25, -0.2) is 9.59 Å². The number of rotatable bonds is 3. The summed E-state index contributed by atoms with van der Waals surface area (Å²) in [6.45, 7) is 0. The van der Waals surface area contributed by atoms with Crippen LogP contribution in [0.5, 0.6) is 0 Å². The van der Waals surface area contributed by atoms with Crippen LogP contribution in [0, 0.1) is 12.3 Å². The Morgan fingerprint density at radius 2 is 1.87 bits per heavy atom. The number of ether oxygens (including phenoxy) is 2. The number of terminal acetylenes is 1. The fourth-order valence-electron chi connectivity index (χ4n) is 2.11. The third-order valence-electron chi connectivity index (χ3n) is 3.18. The molecular formula is C18H15NO4. The summed E-state index contributed by atoms with van der Waals surface area (Å²) in [6.07, 6.45) is 11.9. The summed E-state index contributed by atoms with van der Waals surface area (Å²) in [6, 6.07) is 7.04. The van der Waals surface area contributed by atoms with E-state index in [4.69, 9.17) is 15.9 Å². The molecule has 0 N–H and O–H groups in total. The van der Waals surface area contributed by atoms with Crippen LogP contribution in [0.15, 0.2) is 60.0 Å². The van der Waals surface area contributed by atoms with Crippen LogP contribution >= 0.6 is 0 Å². The van der Waals surface area contributed by atoms with Gasteiger partial charge in [0.25, 0.3) is 0 Å². The number of benzene rings is 1. The van der Waals surface area contributed by atoms with Gasteiger partial charge in [-0.2, -0.15) is 0 Å². The van der Waals surface area contributed by atoms with Gasteiger partial charge in [0, 0.05) is 17.5 Å². The summed E-state index contributed by atoms with van der Waals surface area (Å²) in [5, 5.41) is 0. The van der Waals surface area contributed by atoms with Crippen molar-refractivity contribution in [2.75, 3.05) is 19.1 Å². The van der Waals surface area contributed by atoms with Crippen molar-refractivity contribution in [1.29, 1.82) is 0 Å². The molecule has 1 aliphatic heterocycles. The Labute approximate surface area is 134 Å². The molecule has 116 valence electrons. The molecule has 0 aliphatic carbocycles. The van der Waals surface area contributed by atoms with Crippen LogP contribution in [0.2, 0.25) is 0 Å². The molecule has 0 saturated heterocycles. The molecule has 1 aromatic rings. The first kappa shape index (κ1) is 16.1. The monoisotopic (exact) mass is 309 g/mol. The molecule has 0 saturated carbocycles. The second kappa shape index (κ2) is 7.14. The van der Waals surface area contributed by atoms with E-state index < -0.39 is 11.9 Å². The Kier molecular flexibility index (Phi) is 5.00. The summed E-state index contributed by atoms with van der Waals surface area (Å²) >= 11 is 0. The number of allylic oxidation sites excluding steroid dienone is 2. The average Bonchev–Trinajstić information content (AvgIpc) is 2.83. The van der Waals surface area contributed by atoms with Crippen molar-refractivity contribution in [1.82, 2.24) is 0 Å². The van der Waals surface area contributed by atoms with Crippen molar-refractivity contribution in [2.45, 2.75) is 0 Å². The molecule has 1 aromatic carbocycles. The van der Waals surface area contributed by atoms with Gasteiger partial charge in [0.1, 0.15) is 5.70 Å². The number of nitrogens with zero attached hydrogens (tertiary/aromatic N) is 1. The highest BCUT2D eigenvalue weighted by molar-refractivity contribution is 6.05. The molecule has 1 heterocycles. The van der Waals surface area contributed by atoms with Crippen LogP contribution in [0.1, 0.15) is 5.56 Å². The van der Waals surface area contributed by atoms with Gasteiger partial charge in [0.05, 0.1) is 19.8 Å². The van der Waals surface area contributed by atoms with E-state index in [9.17, 15) is 9.59 Å². The Bertz CT molecular complexity index is 765. The highest BCUT2D eigenvalue weighted by Gasteiger charge is 2.27. The molecule has 1 aliphatic rings. The van der Waals surface area contributed by atoms with Crippen molar-refractivity contribution >= 4 is 17.6 Å². The maximum atomic E-state index is 12.3. The van der Waals surface area contributed by atoms with Crippen molar-refractivity contribution in [3.05, 3.63) is 65.5 Å². The number of hydrogen-bond donors (Lipinski definition) is 0. The lowest BCUT2D eigenvalue weighted by atomic mass is 10.1. The predicted molar refractivity (Wildman–Crippen MR) is 86.2 cm³/mol. The number of carbonyl (C=O) groups excluding carboxylic acids is 2. The Balaban J connectivity index is 2.66. The maximum absolute atomic E-state index is 12.3. The molecular weight excluding hydrogens is 294 g/mol. The zero-order valence-corrected chi connectivity index (χ0v) is 12.8. The first-order chi connectivity index (χ1) is 11.1. The summed E-state index contributed by atoms with van der Waals surface area (Å²) < 4.78 is 9.58. The van der Waals surface area contributed by atoms with Crippen LogP contribution in [0.25, 0.3) is 0 Å². The zero-order valence-electron chi connectivity index (χ0n) is 12.8. The van der Waals surface area contributed by atoms with Crippen LogP contribution in [-0.2, 0) is 19.1 Å². The average molecular weight is 309 g/mol. The summed E-state index contributed by atoms with van der Waals surface area (Å²) in [4.78, 5) is 25.8. The van der Waals surface area contributed by atoms with Crippen LogP contribution < -0.4 is 4.90 Å². The summed E-state index contributed by atoms with van der Waals surface area (Å²) in [7, 11) is 2.50. The molecule has 0 aromatic heterocycles. The second-order valence-corrected chi connectivity index (χ2v) is 4.51. The van der Waals surface area contributed by atoms with E-state index in [-0.39, 0.29) is 11.3 Å². The van der Waals surface area contributed by atoms with Crippen LogP contribution in [-0.4, -0.2) is 26.2 Å². The first-order valence-corrected chi connectivity index (χ1v) is 6.74. The lowest BCUT2D eigenvalue weighted by Crippen LogP contribution is -2.27. The third-order valence-corrected chi connectivity index (χ3v) is 3.18. The highest BCUT2D eigenvalue weighted by Crippen LogP contribution is 2.26. The molecule has 0 radical (unpaired) electrons. The van der Waals surface area contributed by atoms with E-state index in [1.807, 2.05) is 0 Å². The normalized spacial score (nSPS) is 13.3. The van der Waals surface area contributed by atoms with E-state index >= 15 is 0 Å². The molecule has 0 amide bonds. The van der Waals surface area contributed by atoms with E-state index in [2.05, 4.69) is 5.92 Å². The second-order valence-electron chi connectivity index (χ2n) is 4.51. The Morgan fingerprint density at radius 3 is 2.52 bits per heavy atom. The van der Waals surface area contributed by atoms with E-state index in [1.165, 1.54) is 20.3 Å². The minimum Gasteiger partial charge on any atom is -0.465 e. The first-order valence-electron chi connectivity index (χ1n) is 6.74. The molecule has 23 heavy (non-hydrogen) atoms. The van der Waals surface area contributed by atoms with E-state index in [0.29, 0.717) is 11.3 Å². The SMILES string of the molecule is C#Cc1cccc(N2C=CC=CC(C(=O)OC)=C2C(=O)OC)c1. The highest BCUT2D eigenvalue weighted by atomic mass is 16.5. The molecule has 0 fully saturated rings. The van der Waals surface area contributed by atoms with Gasteiger partial charge in [-0.1, -0.05) is 18.1 Å². The van der Waals surface area contributed by atoms with Crippen molar-refractivity contribution in [2.24, 2.45) is 0 Å². The molecule has 5 heteroatoms. The predicted octanol–water partition coefficient (Wildman–Crippen LogP) is 2.16. The van der Waals surface area contributed by atoms with Gasteiger partial charge in [0.2, 0.25) is 0 Å². The molecule has 5 nitrogen and oxygen atoms in total. The lowest BCUT2D eigenvalue weighted by Gasteiger charge is -2.23. The fraction of sp³-hybridized carbons (Fsp3) is 0.111. The van der Waals surface area contributed by atoms with Crippen molar-refractivity contribution in [3.8, 4) is 12.3 Å². The summed E-state index contributed by atoms with van der Waals surface area (Å²) in [5.74, 6) is 1.24. The largest absolute Gasteiger partial charge is 0.465 e. The molecule has 0 atom stereocenters. The quantitative estimate of drug-likeness (QED) is 0.632. The van der Waals surface area contributed by atoms with Gasteiger partial charge in [-0.3, -0.25) is 0 Å². The van der Waals surface area contributed by atoms with Gasteiger partial charge in [0.15, 0.2) is 0 Å². The molecule has 0 bridgehead atoms.